The summed E-state index contributed by atoms with van der Waals surface area (Å²) in [4.78, 5) is 20.8. The van der Waals surface area contributed by atoms with Crippen LogP contribution in [0.3, 0.4) is 0 Å². The number of piperazine rings is 1. The molecule has 0 atom stereocenters. The molecule has 158 valence electrons. The van der Waals surface area contributed by atoms with E-state index in [2.05, 4.69) is 34.3 Å². The molecule has 1 N–H and O–H groups in total. The number of aryl methyl sites for hydroxylation is 1. The number of halogens is 1. The van der Waals surface area contributed by atoms with Gasteiger partial charge in [0.05, 0.1) is 12.9 Å². The fourth-order valence-electron chi connectivity index (χ4n) is 3.33. The van der Waals surface area contributed by atoms with E-state index in [1.54, 1.807) is 19.2 Å². The lowest BCUT2D eigenvalue weighted by Crippen LogP contribution is -2.53. The van der Waals surface area contributed by atoms with E-state index < -0.39 is 0 Å². The Balaban J connectivity index is 0.00000300. The maximum Gasteiger partial charge on any atom is 0.289 e. The molecule has 2 aromatic rings. The minimum Gasteiger partial charge on any atom is -0.494 e. The minimum atomic E-state index is -0.0579. The van der Waals surface area contributed by atoms with Crippen LogP contribution in [0, 0.1) is 6.92 Å². The van der Waals surface area contributed by atoms with Gasteiger partial charge in [-0.25, -0.2) is 0 Å². The molecule has 0 saturated carbocycles. The monoisotopic (exact) mass is 512 g/mol. The van der Waals surface area contributed by atoms with Crippen LogP contribution in [0.4, 0.5) is 0 Å². The predicted molar refractivity (Wildman–Crippen MR) is 124 cm³/mol. The molecule has 1 aromatic heterocycles. The molecule has 0 aliphatic carbocycles. The van der Waals surface area contributed by atoms with E-state index >= 15 is 0 Å². The summed E-state index contributed by atoms with van der Waals surface area (Å²) in [6.07, 6.45) is 1.53. The van der Waals surface area contributed by atoms with E-state index in [9.17, 15) is 4.79 Å². The lowest BCUT2D eigenvalue weighted by atomic mass is 10.1. The largest absolute Gasteiger partial charge is 0.494 e. The van der Waals surface area contributed by atoms with Gasteiger partial charge in [-0.3, -0.25) is 9.79 Å². The van der Waals surface area contributed by atoms with Crippen molar-refractivity contribution in [2.24, 2.45) is 4.99 Å². The molecule has 0 bridgehead atoms. The van der Waals surface area contributed by atoms with Crippen LogP contribution in [0.25, 0.3) is 0 Å². The molecule has 0 spiro atoms. The SMILES string of the molecule is CCOc1ccc(CNC(=NC)N2CCN(C(=O)c3ccco3)CC2)cc1C.I. The summed E-state index contributed by atoms with van der Waals surface area (Å²) in [5, 5.41) is 3.42. The Kier molecular flexibility index (Phi) is 8.81. The van der Waals surface area contributed by atoms with Gasteiger partial charge < -0.3 is 24.3 Å². The van der Waals surface area contributed by atoms with Crippen LogP contribution in [-0.4, -0.2) is 61.5 Å². The fourth-order valence-corrected chi connectivity index (χ4v) is 3.33. The molecular formula is C21H29IN4O3. The van der Waals surface area contributed by atoms with Crippen molar-refractivity contribution in [3.05, 3.63) is 53.5 Å². The smallest absolute Gasteiger partial charge is 0.289 e. The molecule has 1 saturated heterocycles. The van der Waals surface area contributed by atoms with Gasteiger partial charge in [-0.2, -0.15) is 0 Å². The molecule has 3 rings (SSSR count). The van der Waals surface area contributed by atoms with Crippen LogP contribution in [0.15, 0.2) is 46.0 Å². The summed E-state index contributed by atoms with van der Waals surface area (Å²) in [6, 6.07) is 9.65. The van der Waals surface area contributed by atoms with Crippen molar-refractivity contribution < 1.29 is 13.9 Å². The van der Waals surface area contributed by atoms with E-state index in [1.807, 2.05) is 17.9 Å². The minimum absolute atomic E-state index is 0. The van der Waals surface area contributed by atoms with E-state index in [4.69, 9.17) is 9.15 Å². The van der Waals surface area contributed by atoms with Crippen LogP contribution in [0.5, 0.6) is 5.75 Å². The first-order valence-electron chi connectivity index (χ1n) is 9.63. The lowest BCUT2D eigenvalue weighted by molar-refractivity contribution is 0.0657. The number of nitrogens with zero attached hydrogens (tertiary/aromatic N) is 3. The van der Waals surface area contributed by atoms with Crippen LogP contribution >= 0.6 is 24.0 Å². The van der Waals surface area contributed by atoms with Gasteiger partial charge in [0, 0.05) is 39.8 Å². The third-order valence-corrected chi connectivity index (χ3v) is 4.80. The number of nitrogens with one attached hydrogen (secondary N) is 1. The van der Waals surface area contributed by atoms with Crippen molar-refractivity contribution in [3.8, 4) is 5.75 Å². The van der Waals surface area contributed by atoms with Gasteiger partial charge >= 0.3 is 0 Å². The first-order chi connectivity index (χ1) is 13.6. The summed E-state index contributed by atoms with van der Waals surface area (Å²) < 4.78 is 10.8. The Morgan fingerprint density at radius 3 is 2.52 bits per heavy atom. The number of guanidine groups is 1. The van der Waals surface area contributed by atoms with Gasteiger partial charge in [0.15, 0.2) is 11.7 Å². The van der Waals surface area contributed by atoms with Crippen molar-refractivity contribution in [3.63, 3.8) is 0 Å². The summed E-state index contributed by atoms with van der Waals surface area (Å²) in [6.45, 7) is 8.14. The molecule has 8 heteroatoms. The number of amides is 1. The van der Waals surface area contributed by atoms with E-state index in [1.165, 1.54) is 11.8 Å². The molecule has 1 amide bonds. The van der Waals surface area contributed by atoms with E-state index in [0.717, 1.165) is 30.4 Å². The van der Waals surface area contributed by atoms with Crippen molar-refractivity contribution in [1.29, 1.82) is 0 Å². The highest BCUT2D eigenvalue weighted by Gasteiger charge is 2.25. The van der Waals surface area contributed by atoms with Gasteiger partial charge in [-0.05, 0) is 43.2 Å². The average Bonchev–Trinajstić information content (AvgIpc) is 3.25. The quantitative estimate of drug-likeness (QED) is 0.379. The number of carbonyl (C=O) groups excluding carboxylic acids is 1. The number of rotatable bonds is 5. The first-order valence-corrected chi connectivity index (χ1v) is 9.63. The zero-order valence-corrected chi connectivity index (χ0v) is 19.5. The molecule has 1 aliphatic rings. The van der Waals surface area contributed by atoms with Gasteiger partial charge in [0.25, 0.3) is 5.91 Å². The fraction of sp³-hybridized carbons (Fsp3) is 0.429. The zero-order chi connectivity index (χ0) is 19.9. The standard InChI is InChI=1S/C21H28N4O3.HI/c1-4-27-18-8-7-17(14-16(18)2)15-23-21(22-3)25-11-9-24(10-12-25)20(26)19-6-5-13-28-19;/h5-8,13-14H,4,9-12,15H2,1-3H3,(H,22,23);1H. The van der Waals surface area contributed by atoms with Crippen LogP contribution in [0.2, 0.25) is 0 Å². The zero-order valence-electron chi connectivity index (χ0n) is 17.2. The molecule has 29 heavy (non-hydrogen) atoms. The topological polar surface area (TPSA) is 70.3 Å². The van der Waals surface area contributed by atoms with E-state index in [0.29, 0.717) is 32.0 Å². The Morgan fingerprint density at radius 2 is 1.93 bits per heavy atom. The third-order valence-electron chi connectivity index (χ3n) is 4.80. The predicted octanol–water partition coefficient (Wildman–Crippen LogP) is 3.14. The summed E-state index contributed by atoms with van der Waals surface area (Å²) in [5.74, 6) is 2.10. The molecular weight excluding hydrogens is 483 g/mol. The van der Waals surface area contributed by atoms with Crippen molar-refractivity contribution in [2.75, 3.05) is 39.8 Å². The first kappa shape index (κ1) is 23.1. The summed E-state index contributed by atoms with van der Waals surface area (Å²) in [5.41, 5.74) is 2.30. The molecule has 2 heterocycles. The van der Waals surface area contributed by atoms with E-state index in [-0.39, 0.29) is 29.9 Å². The number of furan rings is 1. The molecule has 1 aromatic carbocycles. The maximum atomic E-state index is 12.4. The van der Waals surface area contributed by atoms with Gasteiger partial charge in [-0.15, -0.1) is 24.0 Å². The maximum absolute atomic E-state index is 12.4. The Hall–Kier alpha value is -2.23. The van der Waals surface area contributed by atoms with Crippen molar-refractivity contribution in [2.45, 2.75) is 20.4 Å². The highest BCUT2D eigenvalue weighted by atomic mass is 127. The van der Waals surface area contributed by atoms with Crippen LogP contribution in [-0.2, 0) is 6.54 Å². The molecule has 1 aliphatic heterocycles. The second-order valence-electron chi connectivity index (χ2n) is 6.69. The second-order valence-corrected chi connectivity index (χ2v) is 6.69. The average molecular weight is 512 g/mol. The Morgan fingerprint density at radius 1 is 1.21 bits per heavy atom. The summed E-state index contributed by atoms with van der Waals surface area (Å²) in [7, 11) is 1.78. The summed E-state index contributed by atoms with van der Waals surface area (Å²) >= 11 is 0. The van der Waals surface area contributed by atoms with Crippen LogP contribution < -0.4 is 10.1 Å². The molecule has 0 radical (unpaired) electrons. The molecule has 1 fully saturated rings. The Labute approximate surface area is 189 Å². The van der Waals surface area contributed by atoms with Gasteiger partial charge in [-0.1, -0.05) is 12.1 Å². The van der Waals surface area contributed by atoms with Crippen molar-refractivity contribution >= 4 is 35.8 Å². The Bertz CT molecular complexity index is 815. The van der Waals surface area contributed by atoms with Gasteiger partial charge in [0.1, 0.15) is 5.75 Å². The number of hydrogen-bond acceptors (Lipinski definition) is 4. The highest BCUT2D eigenvalue weighted by Crippen LogP contribution is 2.19. The van der Waals surface area contributed by atoms with Crippen molar-refractivity contribution in [1.82, 2.24) is 15.1 Å². The third kappa shape index (κ3) is 5.88. The number of hydrogen-bond donors (Lipinski definition) is 1. The molecule has 0 unspecified atom stereocenters. The van der Waals surface area contributed by atoms with Gasteiger partial charge in [0.2, 0.25) is 0 Å². The molecule has 7 nitrogen and oxygen atoms in total. The number of benzene rings is 1. The lowest BCUT2D eigenvalue weighted by Gasteiger charge is -2.36. The number of ether oxygens (including phenoxy) is 1. The number of aliphatic imine (C=N–C) groups is 1. The normalized spacial score (nSPS) is 14.4. The van der Waals surface area contributed by atoms with Crippen LogP contribution in [0.1, 0.15) is 28.6 Å². The number of carbonyl (C=O) groups is 1. The second kappa shape index (κ2) is 11.1. The highest BCUT2D eigenvalue weighted by molar-refractivity contribution is 14.0.